The van der Waals surface area contributed by atoms with E-state index >= 15 is 0 Å². The molecule has 1 aliphatic rings. The molecule has 0 aliphatic carbocycles. The van der Waals surface area contributed by atoms with Gasteiger partial charge >= 0.3 is 0 Å². The zero-order chi connectivity index (χ0) is 14.6. The molecule has 0 bridgehead atoms. The molecular weight excluding hydrogens is 234 g/mol. The number of allylic oxidation sites excluding steroid dienone is 1. The summed E-state index contributed by atoms with van der Waals surface area (Å²) in [4.78, 5) is 4.36. The third-order valence-corrected chi connectivity index (χ3v) is 3.25. The first-order chi connectivity index (χ1) is 8.82. The fourth-order valence-corrected chi connectivity index (χ4v) is 2.35. The fraction of sp³-hybridized carbons (Fsp3) is 0.625. The molecule has 1 aromatic heterocycles. The largest absolute Gasteiger partial charge is 0.285 e. The van der Waals surface area contributed by atoms with E-state index in [0.29, 0.717) is 12.0 Å². The Morgan fingerprint density at radius 2 is 1.74 bits per heavy atom. The van der Waals surface area contributed by atoms with Crippen molar-refractivity contribution in [1.82, 2.24) is 9.78 Å². The highest BCUT2D eigenvalue weighted by Crippen LogP contribution is 2.21. The van der Waals surface area contributed by atoms with Crippen LogP contribution in [0.25, 0.3) is 0 Å². The summed E-state index contributed by atoms with van der Waals surface area (Å²) < 4.78 is 1.95. The molecule has 0 radical (unpaired) electrons. The summed E-state index contributed by atoms with van der Waals surface area (Å²) in [5.41, 5.74) is 5.25. The van der Waals surface area contributed by atoms with Crippen molar-refractivity contribution in [3.63, 3.8) is 0 Å². The molecule has 0 fully saturated rings. The first-order valence-electron chi connectivity index (χ1n) is 7.05. The SMILES string of the molecule is CC1=NCC(C)=C1C(C)C.Cc1ccn(C(C)C)n1. The van der Waals surface area contributed by atoms with Gasteiger partial charge in [0.15, 0.2) is 0 Å². The second-order valence-electron chi connectivity index (χ2n) is 5.78. The van der Waals surface area contributed by atoms with Crippen LogP contribution in [0, 0.1) is 12.8 Å². The minimum Gasteiger partial charge on any atom is -0.285 e. The molecule has 2 rings (SSSR count). The predicted octanol–water partition coefficient (Wildman–Crippen LogP) is 4.21. The maximum absolute atomic E-state index is 4.36. The standard InChI is InChI=1S/C9H15N.C7H12N2/c1-6(2)9-7(3)5-10-8(9)4;1-6(2)9-5-4-7(3)8-9/h6H,5H2,1-4H3;4-6H,1-3H3. The minimum absolute atomic E-state index is 0.485. The monoisotopic (exact) mass is 261 g/mol. The average Bonchev–Trinajstić information content (AvgIpc) is 2.86. The predicted molar refractivity (Wildman–Crippen MR) is 82.9 cm³/mol. The Morgan fingerprint density at radius 1 is 1.11 bits per heavy atom. The van der Waals surface area contributed by atoms with Crippen LogP contribution in [0.15, 0.2) is 28.4 Å². The second-order valence-corrected chi connectivity index (χ2v) is 5.78. The van der Waals surface area contributed by atoms with Gasteiger partial charge in [-0.25, -0.2) is 0 Å². The molecule has 19 heavy (non-hydrogen) atoms. The number of hydrogen-bond donors (Lipinski definition) is 0. The molecule has 2 heterocycles. The van der Waals surface area contributed by atoms with Crippen molar-refractivity contribution in [2.45, 2.75) is 54.5 Å². The Kier molecular flexibility index (Phi) is 5.52. The molecule has 106 valence electrons. The van der Waals surface area contributed by atoms with Crippen LogP contribution in [0.2, 0.25) is 0 Å². The number of hydrogen-bond acceptors (Lipinski definition) is 2. The number of nitrogens with zero attached hydrogens (tertiary/aromatic N) is 3. The number of aromatic nitrogens is 2. The van der Waals surface area contributed by atoms with Crippen LogP contribution in [-0.4, -0.2) is 22.0 Å². The summed E-state index contributed by atoms with van der Waals surface area (Å²) in [5.74, 6) is 0.645. The first-order valence-corrected chi connectivity index (χ1v) is 7.05. The van der Waals surface area contributed by atoms with E-state index in [4.69, 9.17) is 0 Å². The van der Waals surface area contributed by atoms with Crippen LogP contribution in [0.5, 0.6) is 0 Å². The minimum atomic E-state index is 0.485. The van der Waals surface area contributed by atoms with E-state index in [1.807, 2.05) is 23.9 Å². The number of rotatable bonds is 2. The van der Waals surface area contributed by atoms with Gasteiger partial charge in [-0.3, -0.25) is 9.67 Å². The van der Waals surface area contributed by atoms with Gasteiger partial charge in [-0.05, 0) is 57.7 Å². The van der Waals surface area contributed by atoms with Crippen molar-refractivity contribution in [2.75, 3.05) is 6.54 Å². The van der Waals surface area contributed by atoms with Crippen LogP contribution in [0.3, 0.4) is 0 Å². The van der Waals surface area contributed by atoms with Gasteiger partial charge in [0.1, 0.15) is 0 Å². The average molecular weight is 261 g/mol. The van der Waals surface area contributed by atoms with Gasteiger partial charge in [0.05, 0.1) is 12.2 Å². The lowest BCUT2D eigenvalue weighted by atomic mass is 9.96. The summed E-state index contributed by atoms with van der Waals surface area (Å²) in [7, 11) is 0. The van der Waals surface area contributed by atoms with Crippen molar-refractivity contribution in [1.29, 1.82) is 0 Å². The van der Waals surface area contributed by atoms with E-state index < -0.39 is 0 Å². The molecule has 1 aliphatic heterocycles. The molecule has 0 unspecified atom stereocenters. The van der Waals surface area contributed by atoms with E-state index in [9.17, 15) is 0 Å². The summed E-state index contributed by atoms with van der Waals surface area (Å²) in [6, 6.07) is 2.50. The van der Waals surface area contributed by atoms with Gasteiger partial charge < -0.3 is 0 Å². The highest BCUT2D eigenvalue weighted by atomic mass is 15.3. The molecular formula is C16H27N3. The molecule has 0 aromatic carbocycles. The van der Waals surface area contributed by atoms with Crippen LogP contribution in [0.4, 0.5) is 0 Å². The van der Waals surface area contributed by atoms with E-state index in [1.165, 1.54) is 16.9 Å². The van der Waals surface area contributed by atoms with Crippen molar-refractivity contribution in [3.8, 4) is 0 Å². The maximum atomic E-state index is 4.36. The summed E-state index contributed by atoms with van der Waals surface area (Å²) in [6.07, 6.45) is 2.00. The molecule has 0 saturated carbocycles. The van der Waals surface area contributed by atoms with Gasteiger partial charge in [0.25, 0.3) is 0 Å². The molecule has 3 nitrogen and oxygen atoms in total. The molecule has 0 N–H and O–H groups in total. The van der Waals surface area contributed by atoms with Crippen molar-refractivity contribution in [2.24, 2.45) is 10.9 Å². The topological polar surface area (TPSA) is 30.2 Å². The summed E-state index contributed by atoms with van der Waals surface area (Å²) in [5, 5.41) is 4.23. The number of aryl methyl sites for hydroxylation is 1. The lowest BCUT2D eigenvalue weighted by molar-refractivity contribution is 0.529. The quantitative estimate of drug-likeness (QED) is 0.784. The van der Waals surface area contributed by atoms with Gasteiger partial charge in [-0.1, -0.05) is 13.8 Å². The van der Waals surface area contributed by atoms with Gasteiger partial charge in [0, 0.05) is 18.0 Å². The van der Waals surface area contributed by atoms with E-state index in [1.54, 1.807) is 0 Å². The molecule has 1 aromatic rings. The van der Waals surface area contributed by atoms with Gasteiger partial charge in [0.2, 0.25) is 0 Å². The normalized spacial score (nSPS) is 14.9. The Balaban J connectivity index is 0.000000191. The lowest BCUT2D eigenvalue weighted by Crippen LogP contribution is -2.02. The van der Waals surface area contributed by atoms with Crippen molar-refractivity contribution in [3.05, 3.63) is 29.1 Å². The van der Waals surface area contributed by atoms with Crippen LogP contribution in [0.1, 0.15) is 53.3 Å². The molecule has 0 atom stereocenters. The Labute approximate surface area is 117 Å². The van der Waals surface area contributed by atoms with Crippen molar-refractivity contribution >= 4 is 5.71 Å². The highest BCUT2D eigenvalue weighted by Gasteiger charge is 2.14. The number of aliphatic imine (C=N–C) groups is 1. The van der Waals surface area contributed by atoms with Crippen LogP contribution < -0.4 is 0 Å². The lowest BCUT2D eigenvalue weighted by Gasteiger charge is -2.07. The molecule has 0 amide bonds. The van der Waals surface area contributed by atoms with Gasteiger partial charge in [-0.15, -0.1) is 0 Å². The van der Waals surface area contributed by atoms with E-state index in [-0.39, 0.29) is 0 Å². The van der Waals surface area contributed by atoms with Crippen LogP contribution >= 0.6 is 0 Å². The fourth-order valence-electron chi connectivity index (χ4n) is 2.35. The van der Waals surface area contributed by atoms with E-state index in [2.05, 4.69) is 51.6 Å². The maximum Gasteiger partial charge on any atom is 0.0606 e. The van der Waals surface area contributed by atoms with Crippen LogP contribution in [-0.2, 0) is 0 Å². The Bertz CT molecular complexity index is 476. The van der Waals surface area contributed by atoms with Crippen molar-refractivity contribution < 1.29 is 0 Å². The zero-order valence-electron chi connectivity index (χ0n) is 13.4. The molecule has 0 saturated heterocycles. The highest BCUT2D eigenvalue weighted by molar-refractivity contribution is 6.01. The third-order valence-electron chi connectivity index (χ3n) is 3.25. The molecule has 3 heteroatoms. The smallest absolute Gasteiger partial charge is 0.0606 e. The second kappa shape index (κ2) is 6.69. The first kappa shape index (κ1) is 15.7. The van der Waals surface area contributed by atoms with E-state index in [0.717, 1.165) is 12.2 Å². The molecule has 0 spiro atoms. The van der Waals surface area contributed by atoms with Gasteiger partial charge in [-0.2, -0.15) is 5.10 Å². The summed E-state index contributed by atoms with van der Waals surface area (Å²) in [6.45, 7) is 15.9. The Morgan fingerprint density at radius 3 is 1.95 bits per heavy atom. The summed E-state index contributed by atoms with van der Waals surface area (Å²) >= 11 is 0. The third kappa shape index (κ3) is 4.34. The Hall–Kier alpha value is -1.38. The zero-order valence-corrected chi connectivity index (χ0v) is 13.4.